The van der Waals surface area contributed by atoms with Crippen LogP contribution in [-0.2, 0) is 13.5 Å². The highest BCUT2D eigenvalue weighted by Crippen LogP contribution is 2.31. The summed E-state index contributed by atoms with van der Waals surface area (Å²) in [7, 11) is 1.98. The summed E-state index contributed by atoms with van der Waals surface area (Å²) in [4.78, 5) is 1.27. The van der Waals surface area contributed by atoms with Crippen molar-refractivity contribution in [2.75, 3.05) is 0 Å². The molecule has 0 aliphatic rings. The van der Waals surface area contributed by atoms with Gasteiger partial charge in [0.25, 0.3) is 0 Å². The second-order valence-corrected chi connectivity index (χ2v) is 5.89. The molecule has 2 rings (SSSR count). The molecule has 0 amide bonds. The third-order valence-corrected chi connectivity index (χ3v) is 4.36. The monoisotopic (exact) mass is 275 g/mol. The van der Waals surface area contributed by atoms with E-state index in [1.807, 2.05) is 18.7 Å². The summed E-state index contributed by atoms with van der Waals surface area (Å²) in [5.41, 5.74) is 8.44. The number of aromatic nitrogens is 2. The Morgan fingerprint density at radius 1 is 1.37 bits per heavy atom. The summed E-state index contributed by atoms with van der Waals surface area (Å²) in [6.45, 7) is 4.15. The lowest BCUT2D eigenvalue weighted by Gasteiger charge is -2.12. The van der Waals surface area contributed by atoms with E-state index in [0.717, 1.165) is 23.6 Å². The molecule has 1 atom stereocenters. The first-order valence-electron chi connectivity index (χ1n) is 6.62. The maximum atomic E-state index is 6.07. The Hall–Kier alpha value is -1.26. The highest BCUT2D eigenvalue weighted by molar-refractivity contribution is 7.99. The molecule has 3 nitrogen and oxygen atoms in total. The summed E-state index contributed by atoms with van der Waals surface area (Å²) >= 11 is 1.76. The molecule has 0 fully saturated rings. The lowest BCUT2D eigenvalue weighted by Crippen LogP contribution is -2.21. The van der Waals surface area contributed by atoms with E-state index in [-0.39, 0.29) is 6.04 Å². The highest BCUT2D eigenvalue weighted by Gasteiger charge is 2.10. The van der Waals surface area contributed by atoms with Gasteiger partial charge in [0.2, 0.25) is 0 Å². The van der Waals surface area contributed by atoms with Crippen LogP contribution < -0.4 is 5.73 Å². The summed E-state index contributed by atoms with van der Waals surface area (Å²) < 4.78 is 1.93. The topological polar surface area (TPSA) is 43.8 Å². The fraction of sp³-hybridized carbons (Fsp3) is 0.400. The standard InChI is InChI=1S/C15H21N3S/c1-4-13(16)10-12-7-5-6-8-14(12)19-15-9-11(2)17-18(15)3/h5-9,13H,4,10,16H2,1-3H3. The van der Waals surface area contributed by atoms with Crippen molar-refractivity contribution >= 4 is 11.8 Å². The van der Waals surface area contributed by atoms with Crippen molar-refractivity contribution in [1.82, 2.24) is 9.78 Å². The van der Waals surface area contributed by atoms with Crippen molar-refractivity contribution in [3.63, 3.8) is 0 Å². The molecule has 1 unspecified atom stereocenters. The zero-order chi connectivity index (χ0) is 13.8. The second-order valence-electron chi connectivity index (χ2n) is 4.83. The van der Waals surface area contributed by atoms with E-state index in [4.69, 9.17) is 5.73 Å². The fourth-order valence-corrected chi connectivity index (χ4v) is 3.05. The van der Waals surface area contributed by atoms with Crippen molar-refractivity contribution in [1.29, 1.82) is 0 Å². The van der Waals surface area contributed by atoms with Crippen molar-refractivity contribution in [3.8, 4) is 0 Å². The normalized spacial score (nSPS) is 12.6. The molecule has 1 aromatic carbocycles. The minimum Gasteiger partial charge on any atom is -0.327 e. The molecule has 0 aliphatic carbocycles. The lowest BCUT2D eigenvalue weighted by atomic mass is 10.1. The Morgan fingerprint density at radius 2 is 2.11 bits per heavy atom. The molecular formula is C15H21N3S. The number of nitrogens with two attached hydrogens (primary N) is 1. The maximum absolute atomic E-state index is 6.07. The van der Waals surface area contributed by atoms with E-state index < -0.39 is 0 Å². The van der Waals surface area contributed by atoms with E-state index >= 15 is 0 Å². The molecule has 0 radical (unpaired) electrons. The number of rotatable bonds is 5. The predicted molar refractivity (Wildman–Crippen MR) is 80.5 cm³/mol. The van der Waals surface area contributed by atoms with Crippen LogP contribution in [0.15, 0.2) is 40.3 Å². The molecule has 4 heteroatoms. The first-order valence-corrected chi connectivity index (χ1v) is 7.43. The molecule has 2 N–H and O–H groups in total. The fourth-order valence-electron chi connectivity index (χ4n) is 1.99. The van der Waals surface area contributed by atoms with Gasteiger partial charge in [-0.05, 0) is 37.5 Å². The summed E-state index contributed by atoms with van der Waals surface area (Å²) in [5, 5.41) is 5.55. The predicted octanol–water partition coefficient (Wildman–Crippen LogP) is 3.16. The summed E-state index contributed by atoms with van der Waals surface area (Å²) in [6.07, 6.45) is 1.93. The first-order chi connectivity index (χ1) is 9.10. The van der Waals surface area contributed by atoms with E-state index in [9.17, 15) is 0 Å². The van der Waals surface area contributed by atoms with Crippen molar-refractivity contribution in [2.45, 2.75) is 42.7 Å². The molecular weight excluding hydrogens is 254 g/mol. The van der Waals surface area contributed by atoms with Gasteiger partial charge in [-0.1, -0.05) is 36.9 Å². The molecule has 102 valence electrons. The molecule has 0 spiro atoms. The van der Waals surface area contributed by atoms with Gasteiger partial charge in [0.15, 0.2) is 0 Å². The minimum atomic E-state index is 0.232. The van der Waals surface area contributed by atoms with Gasteiger partial charge >= 0.3 is 0 Å². The van der Waals surface area contributed by atoms with E-state index in [0.29, 0.717) is 0 Å². The Kier molecular flexibility index (Phi) is 4.66. The molecule has 0 saturated heterocycles. The van der Waals surface area contributed by atoms with Crippen molar-refractivity contribution < 1.29 is 0 Å². The number of aryl methyl sites for hydroxylation is 2. The van der Waals surface area contributed by atoms with Gasteiger partial charge in [-0.15, -0.1) is 0 Å². The molecule has 0 bridgehead atoms. The summed E-state index contributed by atoms with van der Waals surface area (Å²) in [6, 6.07) is 10.8. The Bertz CT molecular complexity index is 548. The second kappa shape index (κ2) is 6.26. The van der Waals surface area contributed by atoms with Crippen molar-refractivity contribution in [2.24, 2.45) is 12.8 Å². The van der Waals surface area contributed by atoms with Gasteiger partial charge in [0.1, 0.15) is 0 Å². The Balaban J connectivity index is 2.22. The molecule has 1 heterocycles. The molecule has 19 heavy (non-hydrogen) atoms. The van der Waals surface area contributed by atoms with Crippen LogP contribution in [0.3, 0.4) is 0 Å². The van der Waals surface area contributed by atoms with Gasteiger partial charge in [-0.25, -0.2) is 0 Å². The zero-order valence-electron chi connectivity index (χ0n) is 11.8. The maximum Gasteiger partial charge on any atom is 0.0987 e. The van der Waals surface area contributed by atoms with Gasteiger partial charge in [-0.2, -0.15) is 5.10 Å². The van der Waals surface area contributed by atoms with Crippen LogP contribution in [0.5, 0.6) is 0 Å². The highest BCUT2D eigenvalue weighted by atomic mass is 32.2. The average molecular weight is 275 g/mol. The van der Waals surface area contributed by atoms with Crippen LogP contribution in [0.2, 0.25) is 0 Å². The van der Waals surface area contributed by atoms with Crippen LogP contribution in [-0.4, -0.2) is 15.8 Å². The third kappa shape index (κ3) is 3.61. The Morgan fingerprint density at radius 3 is 2.74 bits per heavy atom. The summed E-state index contributed by atoms with van der Waals surface area (Å²) in [5.74, 6) is 0. The molecule has 0 aliphatic heterocycles. The number of nitrogens with zero attached hydrogens (tertiary/aromatic N) is 2. The molecule has 0 saturated carbocycles. The Labute approximate surface area is 119 Å². The van der Waals surface area contributed by atoms with Crippen LogP contribution in [0.1, 0.15) is 24.6 Å². The third-order valence-electron chi connectivity index (χ3n) is 3.15. The van der Waals surface area contributed by atoms with Gasteiger partial charge < -0.3 is 5.73 Å². The van der Waals surface area contributed by atoms with Crippen LogP contribution >= 0.6 is 11.8 Å². The SMILES string of the molecule is CCC(N)Cc1ccccc1Sc1cc(C)nn1C. The van der Waals surface area contributed by atoms with Gasteiger partial charge in [-0.3, -0.25) is 4.68 Å². The quantitative estimate of drug-likeness (QED) is 0.911. The van der Waals surface area contributed by atoms with E-state index in [1.165, 1.54) is 10.5 Å². The zero-order valence-corrected chi connectivity index (χ0v) is 12.6. The molecule has 2 aromatic rings. The van der Waals surface area contributed by atoms with Crippen molar-refractivity contribution in [3.05, 3.63) is 41.6 Å². The molecule has 1 aromatic heterocycles. The first kappa shape index (κ1) is 14.2. The van der Waals surface area contributed by atoms with Gasteiger partial charge in [0, 0.05) is 18.0 Å². The van der Waals surface area contributed by atoms with Crippen LogP contribution in [0.4, 0.5) is 0 Å². The smallest absolute Gasteiger partial charge is 0.0987 e. The van der Waals surface area contributed by atoms with E-state index in [1.54, 1.807) is 11.8 Å². The lowest BCUT2D eigenvalue weighted by molar-refractivity contribution is 0.640. The number of benzene rings is 1. The largest absolute Gasteiger partial charge is 0.327 e. The average Bonchev–Trinajstić information content (AvgIpc) is 2.70. The van der Waals surface area contributed by atoms with Crippen LogP contribution in [0.25, 0.3) is 0 Å². The number of hydrogen-bond donors (Lipinski definition) is 1. The van der Waals surface area contributed by atoms with Gasteiger partial charge in [0.05, 0.1) is 10.7 Å². The number of hydrogen-bond acceptors (Lipinski definition) is 3. The van der Waals surface area contributed by atoms with E-state index in [2.05, 4.69) is 42.4 Å². The van der Waals surface area contributed by atoms with Crippen LogP contribution in [0, 0.1) is 6.92 Å². The minimum absolute atomic E-state index is 0.232.